The first-order chi connectivity index (χ1) is 7.65. The molecular weight excluding hydrogens is 200 g/mol. The molecule has 4 fully saturated rings. The largest absolute Gasteiger partial charge is 0.387 e. The van der Waals surface area contributed by atoms with Crippen molar-refractivity contribution in [3.05, 3.63) is 12.2 Å². The van der Waals surface area contributed by atoms with E-state index >= 15 is 0 Å². The first kappa shape index (κ1) is 8.71. The van der Waals surface area contributed by atoms with Crippen LogP contribution in [0, 0.1) is 35.5 Å². The van der Waals surface area contributed by atoms with Crippen LogP contribution in [-0.4, -0.2) is 22.9 Å². The summed E-state index contributed by atoms with van der Waals surface area (Å²) in [5.74, 6) is 4.34. The lowest BCUT2D eigenvalue weighted by molar-refractivity contribution is -0.0992. The molecule has 4 bridgehead atoms. The predicted octanol–water partition coefficient (Wildman–Crippen LogP) is 1.59. The van der Waals surface area contributed by atoms with E-state index in [1.165, 1.54) is 12.8 Å². The van der Waals surface area contributed by atoms with Gasteiger partial charge in [-0.15, -0.1) is 0 Å². The maximum absolute atomic E-state index is 10.8. The van der Waals surface area contributed by atoms with Crippen molar-refractivity contribution in [2.45, 2.75) is 31.0 Å². The fourth-order valence-corrected chi connectivity index (χ4v) is 6.00. The molecule has 1 N–H and O–H groups in total. The molecule has 2 nitrogen and oxygen atoms in total. The number of fused-ring (bicyclic) bond motifs is 10. The lowest BCUT2D eigenvalue weighted by Gasteiger charge is -2.44. The topological polar surface area (TPSA) is 32.8 Å². The highest BCUT2D eigenvalue weighted by molar-refractivity contribution is 5.31. The van der Waals surface area contributed by atoms with Crippen molar-refractivity contribution >= 4 is 0 Å². The molecule has 0 aromatic rings. The Balaban J connectivity index is 1.68. The third-order valence-electron chi connectivity index (χ3n) is 6.65. The normalized spacial score (nSPS) is 72.9. The highest BCUT2D eigenvalue weighted by Crippen LogP contribution is 2.74. The molecule has 3 saturated carbocycles. The number of hydrogen-bond acceptors (Lipinski definition) is 2. The van der Waals surface area contributed by atoms with Crippen molar-refractivity contribution in [1.29, 1.82) is 0 Å². The second kappa shape index (κ2) is 2.15. The summed E-state index contributed by atoms with van der Waals surface area (Å²) < 4.78 is 5.75. The summed E-state index contributed by atoms with van der Waals surface area (Å²) in [5, 5.41) is 10.8. The van der Waals surface area contributed by atoms with Crippen LogP contribution >= 0.6 is 0 Å². The van der Waals surface area contributed by atoms with E-state index in [1.807, 2.05) is 6.92 Å². The van der Waals surface area contributed by atoms with E-state index in [4.69, 9.17) is 4.74 Å². The van der Waals surface area contributed by atoms with Crippen LogP contribution in [0.2, 0.25) is 0 Å². The Morgan fingerprint density at radius 2 is 1.75 bits per heavy atom. The molecule has 4 aliphatic carbocycles. The zero-order valence-corrected chi connectivity index (χ0v) is 9.60. The second-order valence-electron chi connectivity index (χ2n) is 6.88. The molecule has 5 aliphatic rings. The van der Waals surface area contributed by atoms with Crippen molar-refractivity contribution in [2.24, 2.45) is 35.5 Å². The van der Waals surface area contributed by atoms with Crippen LogP contribution in [0.1, 0.15) is 19.8 Å². The summed E-state index contributed by atoms with van der Waals surface area (Å²) in [6, 6.07) is 0. The van der Waals surface area contributed by atoms with Crippen molar-refractivity contribution in [2.75, 3.05) is 6.61 Å². The van der Waals surface area contributed by atoms with Gasteiger partial charge in [-0.25, -0.2) is 0 Å². The van der Waals surface area contributed by atoms with Crippen molar-refractivity contribution in [1.82, 2.24) is 0 Å². The maximum atomic E-state index is 10.8. The second-order valence-corrected chi connectivity index (χ2v) is 6.88. The number of aliphatic hydroxyl groups is 1. The fraction of sp³-hybridized carbons (Fsp3) is 0.857. The summed E-state index contributed by atoms with van der Waals surface area (Å²) in [6.07, 6.45) is 7.44. The van der Waals surface area contributed by atoms with Crippen LogP contribution in [-0.2, 0) is 4.74 Å². The highest BCUT2D eigenvalue weighted by Gasteiger charge is 2.79. The van der Waals surface area contributed by atoms with E-state index in [9.17, 15) is 5.11 Å². The fourth-order valence-electron chi connectivity index (χ4n) is 6.00. The quantitative estimate of drug-likeness (QED) is 0.380. The standard InChI is InChI=1S/C14H18O2/c1-13(15)9-5-10(14(13)6-16-14)12-8-3-2-7(4-8)11(9)12/h2-3,7-12,15H,4-6H2,1H3. The molecule has 0 amide bonds. The Morgan fingerprint density at radius 3 is 2.38 bits per heavy atom. The first-order valence-electron chi connectivity index (χ1n) is 6.70. The van der Waals surface area contributed by atoms with E-state index < -0.39 is 5.60 Å². The predicted molar refractivity (Wildman–Crippen MR) is 58.6 cm³/mol. The van der Waals surface area contributed by atoms with Gasteiger partial charge in [0.25, 0.3) is 0 Å². The van der Waals surface area contributed by atoms with Crippen LogP contribution in [0.4, 0.5) is 0 Å². The first-order valence-corrected chi connectivity index (χ1v) is 6.70. The monoisotopic (exact) mass is 218 g/mol. The Hall–Kier alpha value is -0.340. The average Bonchev–Trinajstić information content (AvgIpc) is 2.64. The summed E-state index contributed by atoms with van der Waals surface area (Å²) in [6.45, 7) is 2.85. The zero-order valence-electron chi connectivity index (χ0n) is 9.60. The minimum absolute atomic E-state index is 0.128. The van der Waals surface area contributed by atoms with Gasteiger partial charge in [-0.1, -0.05) is 12.2 Å². The van der Waals surface area contributed by atoms with Crippen LogP contribution < -0.4 is 0 Å². The molecule has 2 heteroatoms. The Labute approximate surface area is 95.7 Å². The minimum Gasteiger partial charge on any atom is -0.387 e. The van der Waals surface area contributed by atoms with E-state index in [-0.39, 0.29) is 5.60 Å². The molecule has 8 unspecified atom stereocenters. The number of allylic oxidation sites excluding steroid dienone is 2. The molecule has 1 heterocycles. The minimum atomic E-state index is -0.544. The highest BCUT2D eigenvalue weighted by atomic mass is 16.6. The third-order valence-corrected chi connectivity index (χ3v) is 6.65. The molecule has 5 rings (SSSR count). The number of hydrogen-bond donors (Lipinski definition) is 1. The smallest absolute Gasteiger partial charge is 0.123 e. The summed E-state index contributed by atoms with van der Waals surface area (Å²) in [7, 11) is 0. The molecule has 1 spiro atoms. The summed E-state index contributed by atoms with van der Waals surface area (Å²) in [4.78, 5) is 0. The van der Waals surface area contributed by atoms with Gasteiger partial charge in [-0.2, -0.15) is 0 Å². The van der Waals surface area contributed by atoms with E-state index in [1.54, 1.807) is 0 Å². The van der Waals surface area contributed by atoms with Crippen LogP contribution in [0.3, 0.4) is 0 Å². The van der Waals surface area contributed by atoms with Gasteiger partial charge >= 0.3 is 0 Å². The Kier molecular flexibility index (Phi) is 1.17. The van der Waals surface area contributed by atoms with Gasteiger partial charge in [-0.05, 0) is 55.3 Å². The molecule has 86 valence electrons. The van der Waals surface area contributed by atoms with Gasteiger partial charge in [0.1, 0.15) is 5.60 Å². The molecule has 1 aliphatic heterocycles. The van der Waals surface area contributed by atoms with Crippen molar-refractivity contribution in [3.63, 3.8) is 0 Å². The average molecular weight is 218 g/mol. The maximum Gasteiger partial charge on any atom is 0.123 e. The molecule has 0 aromatic heterocycles. The van der Waals surface area contributed by atoms with Gasteiger partial charge in [-0.3, -0.25) is 0 Å². The molecular formula is C14H18O2. The molecule has 0 aromatic carbocycles. The molecule has 16 heavy (non-hydrogen) atoms. The van der Waals surface area contributed by atoms with Crippen molar-refractivity contribution < 1.29 is 9.84 Å². The van der Waals surface area contributed by atoms with Gasteiger partial charge in [0.2, 0.25) is 0 Å². The van der Waals surface area contributed by atoms with Gasteiger partial charge in [0.05, 0.1) is 12.2 Å². The Bertz CT molecular complexity index is 383. The Morgan fingerprint density at radius 1 is 1.12 bits per heavy atom. The lowest BCUT2D eigenvalue weighted by Crippen LogP contribution is -2.54. The lowest BCUT2D eigenvalue weighted by atomic mass is 9.63. The number of rotatable bonds is 0. The van der Waals surface area contributed by atoms with E-state index in [2.05, 4.69) is 12.2 Å². The molecule has 1 saturated heterocycles. The molecule has 8 atom stereocenters. The van der Waals surface area contributed by atoms with Gasteiger partial charge in [0, 0.05) is 0 Å². The SMILES string of the molecule is CC1(O)C2CC(C3C4C=CC(C4)C32)C12CO2. The van der Waals surface area contributed by atoms with Gasteiger partial charge < -0.3 is 9.84 Å². The zero-order chi connectivity index (χ0) is 10.7. The van der Waals surface area contributed by atoms with Crippen LogP contribution in [0.25, 0.3) is 0 Å². The number of epoxide rings is 1. The van der Waals surface area contributed by atoms with Crippen LogP contribution in [0.15, 0.2) is 12.2 Å². The number of ether oxygens (including phenoxy) is 1. The van der Waals surface area contributed by atoms with Crippen molar-refractivity contribution in [3.8, 4) is 0 Å². The molecule has 0 radical (unpaired) electrons. The summed E-state index contributed by atoms with van der Waals surface area (Å²) >= 11 is 0. The van der Waals surface area contributed by atoms with Gasteiger partial charge in [0.15, 0.2) is 0 Å². The van der Waals surface area contributed by atoms with E-state index in [0.29, 0.717) is 11.8 Å². The van der Waals surface area contributed by atoms with E-state index in [0.717, 1.165) is 30.3 Å². The summed E-state index contributed by atoms with van der Waals surface area (Å²) in [5.41, 5.74) is -0.672. The third kappa shape index (κ3) is 0.636. The van der Waals surface area contributed by atoms with Crippen LogP contribution in [0.5, 0.6) is 0 Å².